The molecule has 0 atom stereocenters. The van der Waals surface area contributed by atoms with Crippen LogP contribution in [0.15, 0.2) is 20.8 Å². The molecule has 1 aliphatic rings. The van der Waals surface area contributed by atoms with E-state index in [1.54, 1.807) is 0 Å². The number of allylic oxidation sites excluding steroid dienone is 1. The molecule has 6 heteroatoms. The third-order valence-corrected chi connectivity index (χ3v) is 4.55. The van der Waals surface area contributed by atoms with Gasteiger partial charge in [0.05, 0.1) is 25.5 Å². The maximum Gasteiger partial charge on any atom is 0.344 e. The van der Waals surface area contributed by atoms with E-state index in [-0.39, 0.29) is 0 Å². The van der Waals surface area contributed by atoms with Crippen LogP contribution in [0.3, 0.4) is 0 Å². The first-order chi connectivity index (χ1) is 8.62. The molecule has 5 nitrogen and oxygen atoms in total. The lowest BCUT2D eigenvalue weighted by Gasteiger charge is -2.24. The van der Waals surface area contributed by atoms with E-state index in [2.05, 4.69) is 16.4 Å². The van der Waals surface area contributed by atoms with Crippen LogP contribution < -0.4 is 0 Å². The first-order valence-electron chi connectivity index (χ1n) is 6.46. The quantitative estimate of drug-likeness (QED) is 0.684. The molecule has 0 radical (unpaired) electrons. The van der Waals surface area contributed by atoms with E-state index < -0.39 is 7.66 Å². The minimum absolute atomic E-state index is 0.524. The van der Waals surface area contributed by atoms with Gasteiger partial charge in [0.2, 0.25) is 5.90 Å². The van der Waals surface area contributed by atoms with Crippen LogP contribution in [0, 0.1) is 0 Å². The van der Waals surface area contributed by atoms with Gasteiger partial charge in [0.25, 0.3) is 0 Å². The van der Waals surface area contributed by atoms with Crippen molar-refractivity contribution in [3.05, 3.63) is 11.3 Å². The summed E-state index contributed by atoms with van der Waals surface area (Å²) in [6.45, 7) is 11.4. The van der Waals surface area contributed by atoms with Crippen molar-refractivity contribution in [2.75, 3.05) is 19.8 Å². The van der Waals surface area contributed by atoms with Crippen molar-refractivity contribution < 1.29 is 13.8 Å². The van der Waals surface area contributed by atoms with Crippen LogP contribution in [-0.4, -0.2) is 25.7 Å². The number of hydrogen-bond donors (Lipinski definition) is 0. The zero-order chi connectivity index (χ0) is 13.6. The minimum Gasteiger partial charge on any atom is -0.478 e. The molecule has 104 valence electrons. The van der Waals surface area contributed by atoms with Gasteiger partial charge in [-0.3, -0.25) is 0 Å². The third kappa shape index (κ3) is 3.44. The van der Waals surface area contributed by atoms with Crippen molar-refractivity contribution >= 4 is 13.6 Å². The van der Waals surface area contributed by atoms with E-state index in [0.29, 0.717) is 25.7 Å². The zero-order valence-corrected chi connectivity index (χ0v) is 12.8. The Hall–Kier alpha value is -0.640. The summed E-state index contributed by atoms with van der Waals surface area (Å²) in [4.78, 5) is 0. The van der Waals surface area contributed by atoms with Gasteiger partial charge in [-0.1, -0.05) is 6.92 Å². The SMILES string of the molecule is CCOC1=NP(OCC)(OCC)=NC(CC)=C1C. The number of rotatable bonds is 6. The van der Waals surface area contributed by atoms with Crippen molar-refractivity contribution in [1.29, 1.82) is 0 Å². The summed E-state index contributed by atoms with van der Waals surface area (Å²) in [7, 11) is -2.56. The fourth-order valence-corrected chi connectivity index (χ4v) is 3.72. The van der Waals surface area contributed by atoms with Crippen molar-refractivity contribution in [3.8, 4) is 0 Å². The lowest BCUT2D eigenvalue weighted by atomic mass is 10.2. The van der Waals surface area contributed by atoms with Crippen LogP contribution in [0.2, 0.25) is 0 Å². The normalized spacial score (nSPS) is 18.4. The smallest absolute Gasteiger partial charge is 0.344 e. The fraction of sp³-hybridized carbons (Fsp3) is 0.750. The van der Waals surface area contributed by atoms with Gasteiger partial charge in [-0.15, -0.1) is 0 Å². The molecule has 0 aromatic heterocycles. The maximum absolute atomic E-state index is 5.69. The number of hydrogen-bond acceptors (Lipinski definition) is 5. The van der Waals surface area contributed by atoms with E-state index in [9.17, 15) is 0 Å². The molecular weight excluding hydrogens is 251 g/mol. The molecule has 0 fully saturated rings. The highest BCUT2D eigenvalue weighted by molar-refractivity contribution is 7.55. The summed E-state index contributed by atoms with van der Waals surface area (Å²) in [5.74, 6) is 0.611. The predicted octanol–water partition coefficient (Wildman–Crippen LogP) is 4.14. The average molecular weight is 274 g/mol. The summed E-state index contributed by atoms with van der Waals surface area (Å²) >= 11 is 0. The van der Waals surface area contributed by atoms with Crippen molar-refractivity contribution in [1.82, 2.24) is 0 Å². The molecule has 0 N–H and O–H groups in total. The summed E-state index contributed by atoms with van der Waals surface area (Å²) in [6.07, 6.45) is 0.819. The second-order valence-electron chi connectivity index (χ2n) is 3.69. The van der Waals surface area contributed by atoms with Gasteiger partial charge < -0.3 is 13.8 Å². The molecule has 0 aromatic rings. The van der Waals surface area contributed by atoms with E-state index in [1.165, 1.54) is 0 Å². The summed E-state index contributed by atoms with van der Waals surface area (Å²) in [5.41, 5.74) is 1.94. The predicted molar refractivity (Wildman–Crippen MR) is 74.7 cm³/mol. The molecular formula is C12H23N2O3P. The Morgan fingerprint density at radius 3 is 2.06 bits per heavy atom. The Kier molecular flexibility index (Phi) is 6.06. The third-order valence-electron chi connectivity index (χ3n) is 2.43. The molecule has 0 saturated heterocycles. The molecule has 1 heterocycles. The molecule has 0 spiro atoms. The zero-order valence-electron chi connectivity index (χ0n) is 11.9. The lowest BCUT2D eigenvalue weighted by Crippen LogP contribution is -2.12. The minimum atomic E-state index is -2.56. The van der Waals surface area contributed by atoms with Crippen LogP contribution in [0.1, 0.15) is 41.0 Å². The highest BCUT2D eigenvalue weighted by atomic mass is 31.2. The lowest BCUT2D eigenvalue weighted by molar-refractivity contribution is 0.256. The summed E-state index contributed by atoms with van der Waals surface area (Å²) < 4.78 is 26.1. The Bertz CT molecular complexity index is 392. The Morgan fingerprint density at radius 2 is 1.61 bits per heavy atom. The Labute approximate surface area is 110 Å². The number of ether oxygens (including phenoxy) is 1. The monoisotopic (exact) mass is 274 g/mol. The molecule has 0 unspecified atom stereocenters. The maximum atomic E-state index is 5.69. The topological polar surface area (TPSA) is 52.4 Å². The van der Waals surface area contributed by atoms with Gasteiger partial charge in [-0.05, 0) is 34.1 Å². The average Bonchev–Trinajstić information content (AvgIpc) is 2.34. The molecule has 0 amide bonds. The van der Waals surface area contributed by atoms with Gasteiger partial charge in [-0.2, -0.15) is 9.51 Å². The Balaban J connectivity index is 3.24. The Morgan fingerprint density at radius 1 is 1.00 bits per heavy atom. The van der Waals surface area contributed by atoms with Crippen molar-refractivity contribution in [2.45, 2.75) is 41.0 Å². The van der Waals surface area contributed by atoms with Crippen LogP contribution in [0.25, 0.3) is 0 Å². The van der Waals surface area contributed by atoms with Gasteiger partial charge in [-0.25, -0.2) is 0 Å². The second kappa shape index (κ2) is 7.07. The van der Waals surface area contributed by atoms with Crippen LogP contribution in [0.5, 0.6) is 0 Å². The van der Waals surface area contributed by atoms with Gasteiger partial charge in [0.15, 0.2) is 0 Å². The van der Waals surface area contributed by atoms with Gasteiger partial charge in [0, 0.05) is 5.57 Å². The van der Waals surface area contributed by atoms with Gasteiger partial charge in [0.1, 0.15) is 0 Å². The molecule has 0 aliphatic carbocycles. The standard InChI is InChI=1S/C12H23N2O3P/c1-6-11-10(5)12(15-7-2)14-18(13-11,16-8-3)17-9-4/h6-9H2,1-5H3. The molecule has 1 aliphatic heterocycles. The molecule has 1 rings (SSSR count). The summed E-state index contributed by atoms with van der Waals surface area (Å²) in [6, 6.07) is 0. The van der Waals surface area contributed by atoms with Gasteiger partial charge >= 0.3 is 7.66 Å². The first-order valence-corrected chi connectivity index (χ1v) is 7.99. The molecule has 0 bridgehead atoms. The van der Waals surface area contributed by atoms with E-state index in [4.69, 9.17) is 13.8 Å². The van der Waals surface area contributed by atoms with Crippen LogP contribution in [0.4, 0.5) is 0 Å². The van der Waals surface area contributed by atoms with Crippen LogP contribution >= 0.6 is 7.66 Å². The van der Waals surface area contributed by atoms with Crippen molar-refractivity contribution in [3.63, 3.8) is 0 Å². The second-order valence-corrected chi connectivity index (χ2v) is 5.59. The molecule has 0 saturated carbocycles. The molecule has 0 aromatic carbocycles. The largest absolute Gasteiger partial charge is 0.478 e. The number of nitrogens with zero attached hydrogens (tertiary/aromatic N) is 2. The van der Waals surface area contributed by atoms with E-state index >= 15 is 0 Å². The highest BCUT2D eigenvalue weighted by Crippen LogP contribution is 2.57. The summed E-state index contributed by atoms with van der Waals surface area (Å²) in [5, 5.41) is 0. The van der Waals surface area contributed by atoms with E-state index in [1.807, 2.05) is 27.7 Å². The highest BCUT2D eigenvalue weighted by Gasteiger charge is 2.28. The first kappa shape index (κ1) is 15.4. The fourth-order valence-electron chi connectivity index (χ4n) is 1.66. The molecule has 18 heavy (non-hydrogen) atoms. The van der Waals surface area contributed by atoms with Crippen molar-refractivity contribution in [2.24, 2.45) is 9.51 Å². The van der Waals surface area contributed by atoms with Crippen LogP contribution in [-0.2, 0) is 13.8 Å². The van der Waals surface area contributed by atoms with E-state index in [0.717, 1.165) is 17.7 Å².